The van der Waals surface area contributed by atoms with E-state index in [-0.39, 0.29) is 24.2 Å². The molecule has 1 aliphatic carbocycles. The highest BCUT2D eigenvalue weighted by atomic mass is 32.2. The molecule has 0 radical (unpaired) electrons. The van der Waals surface area contributed by atoms with Crippen LogP contribution in [0.15, 0.2) is 18.2 Å². The van der Waals surface area contributed by atoms with E-state index >= 15 is 0 Å². The number of carbonyl (C=O) groups excluding carboxylic acids is 1. The van der Waals surface area contributed by atoms with Crippen LogP contribution in [0, 0.1) is 0 Å². The number of hydrogen-bond donors (Lipinski definition) is 1. The molecule has 7 nitrogen and oxygen atoms in total. The van der Waals surface area contributed by atoms with Gasteiger partial charge in [0.2, 0.25) is 15.9 Å². The van der Waals surface area contributed by atoms with Gasteiger partial charge in [0.25, 0.3) is 0 Å². The third-order valence-electron chi connectivity index (χ3n) is 4.52. The molecule has 1 saturated carbocycles. The molecule has 1 aliphatic heterocycles. The number of nitrogens with zero attached hydrogens (tertiary/aromatic N) is 1. The molecule has 3 rings (SSSR count). The molecular formula is C17H24N2O5S. The molecule has 138 valence electrons. The number of ether oxygens (including phenoxy) is 2. The van der Waals surface area contributed by atoms with Gasteiger partial charge in [-0.3, -0.25) is 9.10 Å². The minimum absolute atomic E-state index is 0.0852. The Bertz CT molecular complexity index is 729. The molecule has 0 spiro atoms. The van der Waals surface area contributed by atoms with Crippen LogP contribution in [0.3, 0.4) is 0 Å². The van der Waals surface area contributed by atoms with Gasteiger partial charge in [0.05, 0.1) is 11.4 Å². The average molecular weight is 368 g/mol. The number of rotatable bonds is 6. The Kier molecular flexibility index (Phi) is 5.36. The maximum Gasteiger partial charge on any atom is 0.240 e. The van der Waals surface area contributed by atoms with Gasteiger partial charge in [0.1, 0.15) is 19.8 Å². The molecule has 1 fully saturated rings. The quantitative estimate of drug-likeness (QED) is 0.826. The van der Waals surface area contributed by atoms with Gasteiger partial charge < -0.3 is 14.8 Å². The highest BCUT2D eigenvalue weighted by Crippen LogP contribution is 2.34. The Hall–Kier alpha value is -1.96. The number of nitrogens with one attached hydrogen (secondary N) is 1. The number of carbonyl (C=O) groups is 1. The summed E-state index contributed by atoms with van der Waals surface area (Å²) >= 11 is 0. The standard InChI is InChI=1S/C17H24N2O5S/c1-2-25(21,22)19(12-17(20)18-13-5-3-4-6-13)14-7-8-15-16(11-14)24-10-9-23-15/h7-8,11,13H,2-6,9-10,12H2,1H3,(H,18,20). The normalized spacial score (nSPS) is 17.3. The molecule has 2 aliphatic rings. The molecule has 0 bridgehead atoms. The fourth-order valence-corrected chi connectivity index (χ4v) is 4.23. The van der Waals surface area contributed by atoms with Crippen LogP contribution < -0.4 is 19.1 Å². The molecular weight excluding hydrogens is 344 g/mol. The van der Waals surface area contributed by atoms with Gasteiger partial charge in [-0.25, -0.2) is 8.42 Å². The second kappa shape index (κ2) is 7.51. The highest BCUT2D eigenvalue weighted by molar-refractivity contribution is 7.92. The molecule has 8 heteroatoms. The summed E-state index contributed by atoms with van der Waals surface area (Å²) in [5, 5.41) is 2.94. The van der Waals surface area contributed by atoms with Crippen molar-refractivity contribution < 1.29 is 22.7 Å². The predicted octanol–water partition coefficient (Wildman–Crippen LogP) is 1.67. The van der Waals surface area contributed by atoms with Crippen molar-refractivity contribution in [2.75, 3.05) is 29.8 Å². The van der Waals surface area contributed by atoms with Crippen molar-refractivity contribution in [3.05, 3.63) is 18.2 Å². The summed E-state index contributed by atoms with van der Waals surface area (Å²) in [7, 11) is -3.59. The number of anilines is 1. The minimum Gasteiger partial charge on any atom is -0.486 e. The van der Waals surface area contributed by atoms with E-state index in [0.29, 0.717) is 30.4 Å². The first kappa shape index (κ1) is 17.8. The minimum atomic E-state index is -3.59. The molecule has 1 heterocycles. The number of sulfonamides is 1. The Labute approximate surface area is 148 Å². The molecule has 1 N–H and O–H groups in total. The van der Waals surface area contributed by atoms with Crippen LogP contribution in [-0.4, -0.2) is 45.9 Å². The largest absolute Gasteiger partial charge is 0.486 e. The fourth-order valence-electron chi connectivity index (χ4n) is 3.17. The smallest absolute Gasteiger partial charge is 0.240 e. The van der Waals surface area contributed by atoms with Gasteiger partial charge in [-0.1, -0.05) is 12.8 Å². The molecule has 1 aromatic rings. The molecule has 0 atom stereocenters. The summed E-state index contributed by atoms with van der Waals surface area (Å²) in [6.07, 6.45) is 4.11. The zero-order chi connectivity index (χ0) is 17.9. The van der Waals surface area contributed by atoms with Crippen molar-refractivity contribution in [3.63, 3.8) is 0 Å². The van der Waals surface area contributed by atoms with Crippen molar-refractivity contribution in [1.29, 1.82) is 0 Å². The van der Waals surface area contributed by atoms with E-state index in [4.69, 9.17) is 9.47 Å². The van der Waals surface area contributed by atoms with Gasteiger partial charge >= 0.3 is 0 Å². The topological polar surface area (TPSA) is 84.9 Å². The Balaban J connectivity index is 1.81. The lowest BCUT2D eigenvalue weighted by molar-refractivity contribution is -0.120. The Morgan fingerprint density at radius 3 is 2.56 bits per heavy atom. The lowest BCUT2D eigenvalue weighted by atomic mass is 10.2. The van der Waals surface area contributed by atoms with Crippen LogP contribution in [0.1, 0.15) is 32.6 Å². The van der Waals surface area contributed by atoms with E-state index in [1.165, 1.54) is 0 Å². The van der Waals surface area contributed by atoms with Gasteiger partial charge in [0.15, 0.2) is 11.5 Å². The highest BCUT2D eigenvalue weighted by Gasteiger charge is 2.26. The lowest BCUT2D eigenvalue weighted by Crippen LogP contribution is -2.44. The zero-order valence-electron chi connectivity index (χ0n) is 14.4. The van der Waals surface area contributed by atoms with Crippen LogP contribution in [0.2, 0.25) is 0 Å². The van der Waals surface area contributed by atoms with Gasteiger partial charge in [0, 0.05) is 12.1 Å². The molecule has 1 amide bonds. The van der Waals surface area contributed by atoms with E-state index in [9.17, 15) is 13.2 Å². The SMILES string of the molecule is CCS(=O)(=O)N(CC(=O)NC1CCCC1)c1ccc2c(c1)OCCO2. The first-order valence-electron chi connectivity index (χ1n) is 8.69. The van der Waals surface area contributed by atoms with E-state index in [1.807, 2.05) is 0 Å². The van der Waals surface area contributed by atoms with Gasteiger partial charge in [-0.05, 0) is 31.9 Å². The van der Waals surface area contributed by atoms with Crippen molar-refractivity contribution in [2.24, 2.45) is 0 Å². The van der Waals surface area contributed by atoms with Gasteiger partial charge in [-0.2, -0.15) is 0 Å². The van der Waals surface area contributed by atoms with Crippen LogP contribution in [0.25, 0.3) is 0 Å². The van der Waals surface area contributed by atoms with E-state index in [1.54, 1.807) is 25.1 Å². The van der Waals surface area contributed by atoms with Crippen molar-refractivity contribution in [2.45, 2.75) is 38.6 Å². The van der Waals surface area contributed by atoms with E-state index in [0.717, 1.165) is 30.0 Å². The van der Waals surface area contributed by atoms with Crippen LogP contribution >= 0.6 is 0 Å². The van der Waals surface area contributed by atoms with Crippen LogP contribution in [0.4, 0.5) is 5.69 Å². The second-order valence-corrected chi connectivity index (χ2v) is 8.47. The van der Waals surface area contributed by atoms with E-state index in [2.05, 4.69) is 5.32 Å². The molecule has 0 aromatic heterocycles. The molecule has 1 aromatic carbocycles. The second-order valence-electron chi connectivity index (χ2n) is 6.28. The summed E-state index contributed by atoms with van der Waals surface area (Å²) in [4.78, 5) is 12.4. The summed E-state index contributed by atoms with van der Waals surface area (Å²) in [5.74, 6) is 0.715. The molecule has 25 heavy (non-hydrogen) atoms. The van der Waals surface area contributed by atoms with Gasteiger partial charge in [-0.15, -0.1) is 0 Å². The summed E-state index contributed by atoms with van der Waals surface area (Å²) in [5.41, 5.74) is 0.410. The third-order valence-corrected chi connectivity index (χ3v) is 6.26. The molecule has 0 saturated heterocycles. The van der Waals surface area contributed by atoms with Crippen molar-refractivity contribution in [3.8, 4) is 11.5 Å². The van der Waals surface area contributed by atoms with Crippen LogP contribution in [-0.2, 0) is 14.8 Å². The van der Waals surface area contributed by atoms with Crippen molar-refractivity contribution >= 4 is 21.6 Å². The predicted molar refractivity (Wildman–Crippen MR) is 94.6 cm³/mol. The third kappa shape index (κ3) is 4.18. The number of fused-ring (bicyclic) bond motifs is 1. The lowest BCUT2D eigenvalue weighted by Gasteiger charge is -2.26. The molecule has 0 unspecified atom stereocenters. The maximum absolute atomic E-state index is 12.5. The summed E-state index contributed by atoms with van der Waals surface area (Å²) in [6.45, 7) is 2.22. The maximum atomic E-state index is 12.5. The first-order chi connectivity index (χ1) is 12.0. The number of benzene rings is 1. The average Bonchev–Trinajstić information content (AvgIpc) is 3.12. The number of amides is 1. The van der Waals surface area contributed by atoms with E-state index < -0.39 is 10.0 Å². The number of hydrogen-bond acceptors (Lipinski definition) is 5. The fraction of sp³-hybridized carbons (Fsp3) is 0.588. The summed E-state index contributed by atoms with van der Waals surface area (Å²) < 4.78 is 37.2. The first-order valence-corrected chi connectivity index (χ1v) is 10.3. The van der Waals surface area contributed by atoms with Crippen LogP contribution in [0.5, 0.6) is 11.5 Å². The monoisotopic (exact) mass is 368 g/mol. The van der Waals surface area contributed by atoms with Crippen molar-refractivity contribution in [1.82, 2.24) is 5.32 Å². The Morgan fingerprint density at radius 2 is 1.88 bits per heavy atom. The Morgan fingerprint density at radius 1 is 1.20 bits per heavy atom. The summed E-state index contributed by atoms with van der Waals surface area (Å²) in [6, 6.07) is 5.09. The zero-order valence-corrected chi connectivity index (χ0v) is 15.2.